The predicted octanol–water partition coefficient (Wildman–Crippen LogP) is 2.98. The van der Waals surface area contributed by atoms with Gasteiger partial charge in [0.05, 0.1) is 13.0 Å². The highest BCUT2D eigenvalue weighted by Gasteiger charge is 2.30. The van der Waals surface area contributed by atoms with Crippen molar-refractivity contribution >= 4 is 11.8 Å². The summed E-state index contributed by atoms with van der Waals surface area (Å²) in [4.78, 5) is 28.2. The molecule has 5 nitrogen and oxygen atoms in total. The average molecular weight is 417 g/mol. The van der Waals surface area contributed by atoms with Gasteiger partial charge in [0.25, 0.3) is 0 Å². The van der Waals surface area contributed by atoms with E-state index in [0.717, 1.165) is 16.7 Å². The minimum Gasteiger partial charge on any atom is -0.395 e. The van der Waals surface area contributed by atoms with Gasteiger partial charge < -0.3 is 15.3 Å². The van der Waals surface area contributed by atoms with Crippen molar-refractivity contribution in [3.63, 3.8) is 0 Å². The summed E-state index contributed by atoms with van der Waals surface area (Å²) in [5, 5.41) is 11.9. The summed E-state index contributed by atoms with van der Waals surface area (Å²) in [7, 11) is 0. The Morgan fingerprint density at radius 3 is 1.84 bits per heavy atom. The number of hydrogen-bond acceptors (Lipinski definition) is 3. The van der Waals surface area contributed by atoms with Crippen molar-refractivity contribution < 1.29 is 14.7 Å². The zero-order valence-electron chi connectivity index (χ0n) is 17.5. The Morgan fingerprint density at radius 2 is 1.29 bits per heavy atom. The molecule has 5 heteroatoms. The Balaban J connectivity index is 1.91. The average Bonchev–Trinajstić information content (AvgIpc) is 2.81. The van der Waals surface area contributed by atoms with Gasteiger partial charge in [-0.25, -0.2) is 0 Å². The molecule has 0 aliphatic carbocycles. The lowest BCUT2D eigenvalue weighted by atomic mass is 10.0. The smallest absolute Gasteiger partial charge is 0.243 e. The van der Waals surface area contributed by atoms with Crippen LogP contribution in [0, 0.1) is 0 Å². The molecule has 31 heavy (non-hydrogen) atoms. The molecule has 1 atom stereocenters. The molecule has 0 saturated heterocycles. The number of carbonyl (C=O) groups excluding carboxylic acids is 2. The van der Waals surface area contributed by atoms with E-state index >= 15 is 0 Å². The fraction of sp³-hybridized carbons (Fsp3) is 0.231. The van der Waals surface area contributed by atoms with E-state index in [0.29, 0.717) is 13.0 Å². The van der Waals surface area contributed by atoms with Crippen LogP contribution in [-0.4, -0.2) is 41.0 Å². The second-order valence-electron chi connectivity index (χ2n) is 7.39. The normalized spacial score (nSPS) is 11.5. The van der Waals surface area contributed by atoms with Crippen LogP contribution in [0.25, 0.3) is 0 Å². The summed E-state index contributed by atoms with van der Waals surface area (Å²) in [6, 6.07) is 28.2. The first kappa shape index (κ1) is 22.2. The lowest BCUT2D eigenvalue weighted by molar-refractivity contribution is -0.140. The quantitative estimate of drug-likeness (QED) is 0.534. The Labute approximate surface area is 183 Å². The van der Waals surface area contributed by atoms with E-state index in [4.69, 9.17) is 5.11 Å². The second-order valence-corrected chi connectivity index (χ2v) is 7.39. The van der Waals surface area contributed by atoms with Crippen LogP contribution in [0.2, 0.25) is 0 Å². The maximum absolute atomic E-state index is 13.4. The van der Waals surface area contributed by atoms with Crippen molar-refractivity contribution in [3.8, 4) is 0 Å². The van der Waals surface area contributed by atoms with E-state index in [1.54, 1.807) is 4.90 Å². The maximum atomic E-state index is 13.4. The summed E-state index contributed by atoms with van der Waals surface area (Å²) >= 11 is 0. The molecule has 0 heterocycles. The summed E-state index contributed by atoms with van der Waals surface area (Å²) in [5.74, 6) is -0.384. The third-order valence-corrected chi connectivity index (χ3v) is 5.08. The van der Waals surface area contributed by atoms with Crippen LogP contribution in [0.5, 0.6) is 0 Å². The second kappa shape index (κ2) is 11.7. The molecule has 0 saturated carbocycles. The van der Waals surface area contributed by atoms with Crippen molar-refractivity contribution in [1.29, 1.82) is 0 Å². The molecule has 0 aromatic heterocycles. The zero-order valence-corrected chi connectivity index (χ0v) is 17.5. The summed E-state index contributed by atoms with van der Waals surface area (Å²) in [6.45, 7) is 0.327. The Hall–Kier alpha value is -3.44. The number of benzene rings is 3. The summed E-state index contributed by atoms with van der Waals surface area (Å²) < 4.78 is 0. The van der Waals surface area contributed by atoms with Crippen LogP contribution in [0.4, 0.5) is 0 Å². The molecule has 0 bridgehead atoms. The molecule has 0 radical (unpaired) electrons. The highest BCUT2D eigenvalue weighted by atomic mass is 16.3. The van der Waals surface area contributed by atoms with Gasteiger partial charge in [0, 0.05) is 19.5 Å². The molecule has 2 N–H and O–H groups in total. The van der Waals surface area contributed by atoms with Gasteiger partial charge in [-0.1, -0.05) is 91.0 Å². The predicted molar refractivity (Wildman–Crippen MR) is 121 cm³/mol. The highest BCUT2D eigenvalue weighted by Crippen LogP contribution is 2.16. The maximum Gasteiger partial charge on any atom is 0.243 e. The van der Waals surface area contributed by atoms with E-state index in [1.165, 1.54) is 0 Å². The first-order chi connectivity index (χ1) is 15.2. The molecule has 0 spiro atoms. The van der Waals surface area contributed by atoms with Crippen LogP contribution in [0.15, 0.2) is 91.0 Å². The SMILES string of the molecule is O=C(NCCO)C(Cc1ccccc1)N(Cc1ccccc1)C(=O)Cc1ccccc1. The molecule has 0 fully saturated rings. The number of amides is 2. The molecule has 3 aromatic carbocycles. The molecular weight excluding hydrogens is 388 g/mol. The number of nitrogens with zero attached hydrogens (tertiary/aromatic N) is 1. The molecule has 0 aliphatic rings. The van der Waals surface area contributed by atoms with E-state index in [1.807, 2.05) is 91.0 Å². The van der Waals surface area contributed by atoms with Crippen molar-refractivity contribution in [1.82, 2.24) is 10.2 Å². The molecular formula is C26H28N2O3. The minimum atomic E-state index is -0.689. The Kier molecular flexibility index (Phi) is 8.38. The number of nitrogens with one attached hydrogen (secondary N) is 1. The van der Waals surface area contributed by atoms with E-state index in [-0.39, 0.29) is 31.4 Å². The van der Waals surface area contributed by atoms with Crippen LogP contribution in [0.1, 0.15) is 16.7 Å². The number of rotatable bonds is 10. The summed E-state index contributed by atoms with van der Waals surface area (Å²) in [6.07, 6.45) is 0.609. The fourth-order valence-corrected chi connectivity index (χ4v) is 3.50. The molecule has 3 rings (SSSR count). The Bertz CT molecular complexity index is 946. The largest absolute Gasteiger partial charge is 0.395 e. The van der Waals surface area contributed by atoms with Gasteiger partial charge in [-0.3, -0.25) is 9.59 Å². The number of carbonyl (C=O) groups is 2. The van der Waals surface area contributed by atoms with Crippen LogP contribution in [0.3, 0.4) is 0 Å². The van der Waals surface area contributed by atoms with Gasteiger partial charge in [-0.15, -0.1) is 0 Å². The molecule has 2 amide bonds. The van der Waals surface area contributed by atoms with Gasteiger partial charge >= 0.3 is 0 Å². The van der Waals surface area contributed by atoms with E-state index in [2.05, 4.69) is 5.32 Å². The van der Waals surface area contributed by atoms with E-state index in [9.17, 15) is 9.59 Å². The lowest BCUT2D eigenvalue weighted by Crippen LogP contribution is -2.51. The van der Waals surface area contributed by atoms with Crippen molar-refractivity contribution in [2.45, 2.75) is 25.4 Å². The zero-order chi connectivity index (χ0) is 21.9. The first-order valence-electron chi connectivity index (χ1n) is 10.5. The van der Waals surface area contributed by atoms with Crippen LogP contribution >= 0.6 is 0 Å². The van der Waals surface area contributed by atoms with E-state index < -0.39 is 6.04 Å². The van der Waals surface area contributed by atoms with Crippen molar-refractivity contribution in [2.75, 3.05) is 13.2 Å². The first-order valence-corrected chi connectivity index (χ1v) is 10.5. The van der Waals surface area contributed by atoms with Gasteiger partial charge in [0.1, 0.15) is 6.04 Å². The van der Waals surface area contributed by atoms with Crippen molar-refractivity contribution in [3.05, 3.63) is 108 Å². The standard InChI is InChI=1S/C26H28N2O3/c29-17-16-27-26(31)24(18-21-10-4-1-5-11-21)28(20-23-14-8-3-9-15-23)25(30)19-22-12-6-2-7-13-22/h1-15,24,29H,16-20H2,(H,27,31). The molecule has 0 aliphatic heterocycles. The molecule has 1 unspecified atom stereocenters. The monoisotopic (exact) mass is 416 g/mol. The van der Waals surface area contributed by atoms with Crippen LogP contribution in [-0.2, 0) is 29.0 Å². The lowest BCUT2D eigenvalue weighted by Gasteiger charge is -2.31. The van der Waals surface area contributed by atoms with Crippen LogP contribution < -0.4 is 5.32 Å². The topological polar surface area (TPSA) is 69.6 Å². The minimum absolute atomic E-state index is 0.116. The van der Waals surface area contributed by atoms with Crippen molar-refractivity contribution in [2.24, 2.45) is 0 Å². The summed E-state index contributed by atoms with van der Waals surface area (Å²) in [5.41, 5.74) is 2.83. The Morgan fingerprint density at radius 1 is 0.774 bits per heavy atom. The number of aliphatic hydroxyl groups excluding tert-OH is 1. The number of hydrogen-bond donors (Lipinski definition) is 2. The number of aliphatic hydroxyl groups is 1. The highest BCUT2D eigenvalue weighted by molar-refractivity contribution is 5.88. The third kappa shape index (κ3) is 6.79. The fourth-order valence-electron chi connectivity index (χ4n) is 3.50. The van der Waals surface area contributed by atoms with Gasteiger partial charge in [-0.2, -0.15) is 0 Å². The van der Waals surface area contributed by atoms with Gasteiger partial charge in [0.2, 0.25) is 11.8 Å². The molecule has 3 aromatic rings. The van der Waals surface area contributed by atoms with Gasteiger partial charge in [0.15, 0.2) is 0 Å². The molecule has 160 valence electrons. The van der Waals surface area contributed by atoms with Gasteiger partial charge in [-0.05, 0) is 16.7 Å². The third-order valence-electron chi connectivity index (χ3n) is 5.08.